The topological polar surface area (TPSA) is 52.6 Å². The van der Waals surface area contributed by atoms with Crippen molar-refractivity contribution in [3.63, 3.8) is 0 Å². The van der Waals surface area contributed by atoms with E-state index in [-0.39, 0.29) is 6.61 Å². The number of ketones is 1. The molecule has 1 unspecified atom stereocenters. The second-order valence-electron chi connectivity index (χ2n) is 3.44. The number of carbonyl (C=O) groups excluding carboxylic acids is 2. The van der Waals surface area contributed by atoms with Crippen molar-refractivity contribution in [2.45, 2.75) is 39.5 Å². The van der Waals surface area contributed by atoms with Crippen LogP contribution in [0.15, 0.2) is 11.8 Å². The normalized spacial score (nSPS) is 14.0. The number of carbonyl (C=O) groups is 2. The minimum Gasteiger partial charge on any atom is -0.500 e. The average molecular weight is 268 g/mol. The van der Waals surface area contributed by atoms with Crippen LogP contribution >= 0.6 is 0 Å². The molecule has 0 N–H and O–H groups in total. The molecule has 0 aliphatic rings. The first-order valence-electron chi connectivity index (χ1n) is 5.38. The number of Topliss-reactive ketones (excluding diaryl/α,β-unsaturated/α-hetero) is 1. The molecule has 0 aliphatic carbocycles. The van der Waals surface area contributed by atoms with Gasteiger partial charge in [-0.3, -0.25) is 4.79 Å². The van der Waals surface area contributed by atoms with Crippen LogP contribution in [0.2, 0.25) is 0 Å². The van der Waals surface area contributed by atoms with E-state index in [1.54, 1.807) is 6.92 Å². The molecule has 0 saturated heterocycles. The van der Waals surface area contributed by atoms with Crippen LogP contribution in [0, 0.1) is 0 Å². The van der Waals surface area contributed by atoms with Crippen molar-refractivity contribution in [1.29, 1.82) is 0 Å². The van der Waals surface area contributed by atoms with E-state index in [4.69, 9.17) is 0 Å². The molecule has 0 heterocycles. The number of alkyl halides is 3. The highest BCUT2D eigenvalue weighted by Gasteiger charge is 2.44. The van der Waals surface area contributed by atoms with Crippen LogP contribution in [0.4, 0.5) is 13.2 Å². The second-order valence-corrected chi connectivity index (χ2v) is 3.44. The van der Waals surface area contributed by atoms with E-state index < -0.39 is 29.6 Å². The van der Waals surface area contributed by atoms with Gasteiger partial charge in [-0.25, -0.2) is 4.79 Å². The SMILES string of the molecule is CCOC=C(C(=O)OC(C)CC)C(=O)C(F)(F)F. The summed E-state index contributed by atoms with van der Waals surface area (Å²) >= 11 is 0. The lowest BCUT2D eigenvalue weighted by molar-refractivity contribution is -0.169. The van der Waals surface area contributed by atoms with E-state index in [0.717, 1.165) is 0 Å². The molecule has 4 nitrogen and oxygen atoms in total. The quantitative estimate of drug-likeness (QED) is 0.244. The van der Waals surface area contributed by atoms with Gasteiger partial charge in [0, 0.05) is 0 Å². The molecule has 7 heteroatoms. The third-order valence-corrected chi connectivity index (χ3v) is 1.97. The first-order valence-corrected chi connectivity index (χ1v) is 5.38. The molecular weight excluding hydrogens is 253 g/mol. The Morgan fingerprint density at radius 3 is 2.22 bits per heavy atom. The maximum absolute atomic E-state index is 12.3. The highest BCUT2D eigenvalue weighted by atomic mass is 19.4. The molecule has 18 heavy (non-hydrogen) atoms. The third-order valence-electron chi connectivity index (χ3n) is 1.97. The summed E-state index contributed by atoms with van der Waals surface area (Å²) in [5.41, 5.74) is -1.15. The molecule has 0 aliphatic heterocycles. The van der Waals surface area contributed by atoms with Crippen molar-refractivity contribution in [2.75, 3.05) is 6.61 Å². The van der Waals surface area contributed by atoms with Gasteiger partial charge in [0.05, 0.1) is 12.7 Å². The van der Waals surface area contributed by atoms with Crippen LogP contribution in [0.3, 0.4) is 0 Å². The van der Waals surface area contributed by atoms with E-state index in [1.165, 1.54) is 13.8 Å². The lowest BCUT2D eigenvalue weighted by atomic mass is 10.2. The maximum atomic E-state index is 12.3. The molecule has 0 aromatic heterocycles. The molecule has 0 saturated carbocycles. The second kappa shape index (κ2) is 7.03. The minimum absolute atomic E-state index is 0.0330. The standard InChI is InChI=1S/C11H15F3O4/c1-4-7(3)18-10(16)8(6-17-5-2)9(15)11(12,13)14/h6-7H,4-5H2,1-3H3. The van der Waals surface area contributed by atoms with E-state index >= 15 is 0 Å². The largest absolute Gasteiger partial charge is 0.500 e. The molecule has 0 bridgehead atoms. The summed E-state index contributed by atoms with van der Waals surface area (Å²) in [6, 6.07) is 0. The molecule has 0 rings (SSSR count). The van der Waals surface area contributed by atoms with Gasteiger partial charge < -0.3 is 9.47 Å². The fourth-order valence-corrected chi connectivity index (χ4v) is 0.843. The van der Waals surface area contributed by atoms with Crippen LogP contribution in [0.1, 0.15) is 27.2 Å². The zero-order chi connectivity index (χ0) is 14.3. The van der Waals surface area contributed by atoms with Crippen LogP contribution in [-0.2, 0) is 19.1 Å². The minimum atomic E-state index is -5.14. The Kier molecular flexibility index (Phi) is 6.43. The van der Waals surface area contributed by atoms with E-state index in [0.29, 0.717) is 12.7 Å². The van der Waals surface area contributed by atoms with Gasteiger partial charge in [0.1, 0.15) is 11.8 Å². The van der Waals surface area contributed by atoms with Crippen molar-refractivity contribution in [3.8, 4) is 0 Å². The molecule has 0 spiro atoms. The van der Waals surface area contributed by atoms with Gasteiger partial charge in [0.25, 0.3) is 5.78 Å². The zero-order valence-corrected chi connectivity index (χ0v) is 10.3. The van der Waals surface area contributed by atoms with Crippen molar-refractivity contribution < 1.29 is 32.2 Å². The Morgan fingerprint density at radius 1 is 1.28 bits per heavy atom. The van der Waals surface area contributed by atoms with E-state index in [2.05, 4.69) is 9.47 Å². The van der Waals surface area contributed by atoms with Gasteiger partial charge in [-0.15, -0.1) is 0 Å². The van der Waals surface area contributed by atoms with Crippen LogP contribution in [0.5, 0.6) is 0 Å². The number of hydrogen-bond donors (Lipinski definition) is 0. The van der Waals surface area contributed by atoms with Crippen molar-refractivity contribution >= 4 is 11.8 Å². The number of esters is 1. The lowest BCUT2D eigenvalue weighted by Crippen LogP contribution is -2.30. The lowest BCUT2D eigenvalue weighted by Gasteiger charge is -2.13. The molecule has 0 aromatic carbocycles. The molecule has 0 radical (unpaired) electrons. The van der Waals surface area contributed by atoms with Gasteiger partial charge in [0.2, 0.25) is 0 Å². The molecular formula is C11H15F3O4. The number of ether oxygens (including phenoxy) is 2. The predicted molar refractivity (Wildman–Crippen MR) is 56.6 cm³/mol. The van der Waals surface area contributed by atoms with Crippen molar-refractivity contribution in [1.82, 2.24) is 0 Å². The monoisotopic (exact) mass is 268 g/mol. The maximum Gasteiger partial charge on any atom is 0.455 e. The number of hydrogen-bond acceptors (Lipinski definition) is 4. The Bertz CT molecular complexity index is 334. The average Bonchev–Trinajstić information content (AvgIpc) is 2.27. The van der Waals surface area contributed by atoms with Crippen molar-refractivity contribution in [2.24, 2.45) is 0 Å². The van der Waals surface area contributed by atoms with E-state index in [9.17, 15) is 22.8 Å². The van der Waals surface area contributed by atoms with Gasteiger partial charge in [-0.2, -0.15) is 13.2 Å². The van der Waals surface area contributed by atoms with Gasteiger partial charge in [0.15, 0.2) is 0 Å². The summed E-state index contributed by atoms with van der Waals surface area (Å²) in [6.45, 7) is 4.74. The molecule has 0 fully saturated rings. The van der Waals surface area contributed by atoms with Gasteiger partial charge >= 0.3 is 12.1 Å². The smallest absolute Gasteiger partial charge is 0.455 e. The van der Waals surface area contributed by atoms with Crippen LogP contribution in [0.25, 0.3) is 0 Å². The summed E-state index contributed by atoms with van der Waals surface area (Å²) in [6.07, 6.45) is -4.81. The molecule has 104 valence electrons. The molecule has 0 amide bonds. The Balaban J connectivity index is 5.02. The number of halogens is 3. The van der Waals surface area contributed by atoms with Gasteiger partial charge in [-0.1, -0.05) is 6.92 Å². The van der Waals surface area contributed by atoms with Gasteiger partial charge in [-0.05, 0) is 20.3 Å². The Morgan fingerprint density at radius 2 is 1.83 bits per heavy atom. The van der Waals surface area contributed by atoms with Crippen LogP contribution in [-0.4, -0.2) is 30.6 Å². The Hall–Kier alpha value is -1.53. The van der Waals surface area contributed by atoms with Crippen molar-refractivity contribution in [3.05, 3.63) is 11.8 Å². The highest BCUT2D eigenvalue weighted by Crippen LogP contribution is 2.22. The first-order chi connectivity index (χ1) is 8.23. The summed E-state index contributed by atoms with van der Waals surface area (Å²) in [4.78, 5) is 22.4. The summed E-state index contributed by atoms with van der Waals surface area (Å²) in [7, 11) is 0. The third kappa shape index (κ3) is 5.20. The highest BCUT2D eigenvalue weighted by molar-refractivity contribution is 6.19. The number of rotatable bonds is 6. The predicted octanol–water partition coefficient (Wildman–Crippen LogP) is 2.38. The zero-order valence-electron chi connectivity index (χ0n) is 10.3. The fourth-order valence-electron chi connectivity index (χ4n) is 0.843. The van der Waals surface area contributed by atoms with Crippen LogP contribution < -0.4 is 0 Å². The Labute approximate surface area is 103 Å². The summed E-state index contributed by atoms with van der Waals surface area (Å²) in [5, 5.41) is 0. The first kappa shape index (κ1) is 16.5. The summed E-state index contributed by atoms with van der Waals surface area (Å²) < 4.78 is 46.0. The summed E-state index contributed by atoms with van der Waals surface area (Å²) in [5.74, 6) is -3.61. The molecule has 0 aromatic rings. The molecule has 1 atom stereocenters. The van der Waals surface area contributed by atoms with E-state index in [1.807, 2.05) is 0 Å². The fraction of sp³-hybridized carbons (Fsp3) is 0.636.